The number of carbonyl (C=O) groups is 3. The van der Waals surface area contributed by atoms with Crippen molar-refractivity contribution < 1.29 is 28.3 Å². The molecule has 0 atom stereocenters. The SMILES string of the molecule is CCOC(=O)c1sc(NCC(=O)c2cc3ccccc3o2)c(C(=O)OCC)c1C. The second kappa shape index (κ2) is 8.91. The number of Topliss-reactive ketones (excluding diaryl/α,β-unsaturated/α-hetero) is 1. The van der Waals surface area contributed by atoms with Gasteiger partial charge in [0.15, 0.2) is 5.76 Å². The summed E-state index contributed by atoms with van der Waals surface area (Å²) in [6, 6.07) is 9.01. The van der Waals surface area contributed by atoms with Crippen LogP contribution in [-0.4, -0.2) is 37.5 Å². The van der Waals surface area contributed by atoms with Crippen molar-refractivity contribution >= 4 is 45.0 Å². The minimum atomic E-state index is -0.560. The third-order valence-corrected chi connectivity index (χ3v) is 5.43. The minimum absolute atomic E-state index is 0.103. The van der Waals surface area contributed by atoms with Crippen molar-refractivity contribution in [2.75, 3.05) is 25.1 Å². The molecule has 0 amide bonds. The monoisotopic (exact) mass is 415 g/mol. The van der Waals surface area contributed by atoms with Gasteiger partial charge in [-0.25, -0.2) is 9.59 Å². The number of carbonyl (C=O) groups excluding carboxylic acids is 3. The molecule has 0 spiro atoms. The molecule has 0 aliphatic rings. The first kappa shape index (κ1) is 20.6. The number of hydrogen-bond donors (Lipinski definition) is 1. The van der Waals surface area contributed by atoms with Crippen LogP contribution in [0.4, 0.5) is 5.00 Å². The Labute approximate surface area is 171 Å². The van der Waals surface area contributed by atoms with Crippen LogP contribution in [0.2, 0.25) is 0 Å². The lowest BCUT2D eigenvalue weighted by molar-refractivity contribution is 0.0527. The van der Waals surface area contributed by atoms with Gasteiger partial charge >= 0.3 is 11.9 Å². The molecule has 0 bridgehead atoms. The maximum atomic E-state index is 12.6. The highest BCUT2D eigenvalue weighted by molar-refractivity contribution is 7.18. The third-order valence-electron chi connectivity index (χ3n) is 4.20. The Kier molecular flexibility index (Phi) is 6.33. The summed E-state index contributed by atoms with van der Waals surface area (Å²) in [5.41, 5.74) is 1.32. The number of benzene rings is 1. The summed E-state index contributed by atoms with van der Waals surface area (Å²) in [4.78, 5) is 37.5. The van der Waals surface area contributed by atoms with Crippen LogP contribution in [0.5, 0.6) is 0 Å². The van der Waals surface area contributed by atoms with Gasteiger partial charge in [-0.1, -0.05) is 18.2 Å². The quantitative estimate of drug-likeness (QED) is 0.429. The van der Waals surface area contributed by atoms with Gasteiger partial charge in [-0.2, -0.15) is 0 Å². The molecular weight excluding hydrogens is 394 g/mol. The van der Waals surface area contributed by atoms with Crippen molar-refractivity contribution in [1.29, 1.82) is 0 Å². The van der Waals surface area contributed by atoms with E-state index < -0.39 is 11.9 Å². The Morgan fingerprint density at radius 3 is 2.45 bits per heavy atom. The van der Waals surface area contributed by atoms with Crippen LogP contribution in [-0.2, 0) is 9.47 Å². The highest BCUT2D eigenvalue weighted by Crippen LogP contribution is 2.34. The summed E-state index contributed by atoms with van der Waals surface area (Å²) in [6.07, 6.45) is 0. The number of fused-ring (bicyclic) bond motifs is 1. The van der Waals surface area contributed by atoms with Gasteiger partial charge in [-0.05, 0) is 38.5 Å². The minimum Gasteiger partial charge on any atom is -0.462 e. The van der Waals surface area contributed by atoms with Crippen LogP contribution in [0.15, 0.2) is 34.7 Å². The average Bonchev–Trinajstić information content (AvgIpc) is 3.27. The molecule has 0 radical (unpaired) electrons. The van der Waals surface area contributed by atoms with Crippen molar-refractivity contribution in [3.63, 3.8) is 0 Å². The average molecular weight is 415 g/mol. The van der Waals surface area contributed by atoms with Gasteiger partial charge in [-0.3, -0.25) is 4.79 Å². The highest BCUT2D eigenvalue weighted by atomic mass is 32.1. The van der Waals surface area contributed by atoms with Crippen LogP contribution >= 0.6 is 11.3 Å². The van der Waals surface area contributed by atoms with Crippen LogP contribution in [0.1, 0.15) is 50.0 Å². The van der Waals surface area contributed by atoms with Crippen LogP contribution in [0, 0.1) is 6.92 Å². The highest BCUT2D eigenvalue weighted by Gasteiger charge is 2.27. The second-order valence-electron chi connectivity index (χ2n) is 6.13. The fourth-order valence-corrected chi connectivity index (χ4v) is 3.93. The Balaban J connectivity index is 1.84. The summed E-state index contributed by atoms with van der Waals surface area (Å²) >= 11 is 1.06. The second-order valence-corrected chi connectivity index (χ2v) is 7.15. The van der Waals surface area contributed by atoms with Gasteiger partial charge in [0.05, 0.1) is 25.3 Å². The summed E-state index contributed by atoms with van der Waals surface area (Å²) in [7, 11) is 0. The molecule has 152 valence electrons. The van der Waals surface area contributed by atoms with E-state index in [-0.39, 0.29) is 36.9 Å². The molecular formula is C21H21NO6S. The molecule has 2 aromatic heterocycles. The topological polar surface area (TPSA) is 94.8 Å². The predicted molar refractivity (Wildman–Crippen MR) is 110 cm³/mol. The number of para-hydroxylation sites is 1. The Morgan fingerprint density at radius 1 is 1.07 bits per heavy atom. The molecule has 0 aliphatic heterocycles. The first-order valence-corrected chi connectivity index (χ1v) is 10.0. The molecule has 1 N–H and O–H groups in total. The number of ketones is 1. The largest absolute Gasteiger partial charge is 0.462 e. The number of anilines is 1. The molecule has 8 heteroatoms. The van der Waals surface area contributed by atoms with E-state index in [1.54, 1.807) is 32.9 Å². The molecule has 0 fully saturated rings. The lowest BCUT2D eigenvalue weighted by atomic mass is 10.1. The lowest BCUT2D eigenvalue weighted by Crippen LogP contribution is -2.15. The molecule has 1 aromatic carbocycles. The van der Waals surface area contributed by atoms with Crippen molar-refractivity contribution in [2.45, 2.75) is 20.8 Å². The zero-order chi connectivity index (χ0) is 21.0. The molecule has 3 aromatic rings. The smallest absolute Gasteiger partial charge is 0.348 e. The zero-order valence-electron chi connectivity index (χ0n) is 16.4. The van der Waals surface area contributed by atoms with Gasteiger partial charge in [0.2, 0.25) is 5.78 Å². The molecule has 0 saturated heterocycles. The van der Waals surface area contributed by atoms with Crippen molar-refractivity contribution in [2.24, 2.45) is 0 Å². The summed E-state index contributed by atoms with van der Waals surface area (Å²) < 4.78 is 15.7. The molecule has 0 aliphatic carbocycles. The normalized spacial score (nSPS) is 10.7. The van der Waals surface area contributed by atoms with E-state index >= 15 is 0 Å². The number of rotatable bonds is 8. The van der Waals surface area contributed by atoms with Gasteiger partial charge in [0, 0.05) is 5.39 Å². The molecule has 0 unspecified atom stereocenters. The first-order valence-electron chi connectivity index (χ1n) is 9.19. The van der Waals surface area contributed by atoms with E-state index in [9.17, 15) is 14.4 Å². The van der Waals surface area contributed by atoms with E-state index in [1.807, 2.05) is 18.2 Å². The fourth-order valence-electron chi connectivity index (χ4n) is 2.85. The van der Waals surface area contributed by atoms with Gasteiger partial charge in [0.25, 0.3) is 0 Å². The van der Waals surface area contributed by atoms with Crippen LogP contribution in [0.3, 0.4) is 0 Å². The van der Waals surface area contributed by atoms with E-state index in [2.05, 4.69) is 5.32 Å². The van der Waals surface area contributed by atoms with Crippen molar-refractivity contribution in [3.05, 3.63) is 52.1 Å². The maximum Gasteiger partial charge on any atom is 0.348 e. The number of esters is 2. The van der Waals surface area contributed by atoms with Gasteiger partial charge in [0.1, 0.15) is 15.5 Å². The van der Waals surface area contributed by atoms with Crippen LogP contribution < -0.4 is 5.32 Å². The van der Waals surface area contributed by atoms with Gasteiger partial charge in [-0.15, -0.1) is 11.3 Å². The van der Waals surface area contributed by atoms with Crippen molar-refractivity contribution in [3.8, 4) is 0 Å². The number of thiophene rings is 1. The third kappa shape index (κ3) is 4.32. The van der Waals surface area contributed by atoms with E-state index in [0.29, 0.717) is 21.0 Å². The summed E-state index contributed by atoms with van der Waals surface area (Å²) in [5.74, 6) is -1.14. The standard InChI is InChI=1S/C21H21NO6S/c1-4-26-20(24)17-12(3)18(21(25)27-5-2)29-19(17)22-11-14(23)16-10-13-8-6-7-9-15(13)28-16/h6-10,22H,4-5,11H2,1-3H3. The predicted octanol–water partition coefficient (Wildman–Crippen LogP) is 4.45. The molecule has 7 nitrogen and oxygen atoms in total. The molecule has 0 saturated carbocycles. The van der Waals surface area contributed by atoms with Crippen molar-refractivity contribution in [1.82, 2.24) is 0 Å². The summed E-state index contributed by atoms with van der Waals surface area (Å²) in [6.45, 7) is 5.37. The van der Waals surface area contributed by atoms with Crippen LogP contribution in [0.25, 0.3) is 11.0 Å². The Hall–Kier alpha value is -3.13. The van der Waals surface area contributed by atoms with E-state index in [4.69, 9.17) is 13.9 Å². The fraction of sp³-hybridized carbons (Fsp3) is 0.286. The molecule has 2 heterocycles. The maximum absolute atomic E-state index is 12.6. The zero-order valence-corrected chi connectivity index (χ0v) is 17.2. The molecule has 29 heavy (non-hydrogen) atoms. The number of nitrogens with one attached hydrogen (secondary N) is 1. The Bertz CT molecular complexity index is 1030. The number of ether oxygens (including phenoxy) is 2. The lowest BCUT2D eigenvalue weighted by Gasteiger charge is -2.06. The van der Waals surface area contributed by atoms with E-state index in [0.717, 1.165) is 16.7 Å². The number of hydrogen-bond acceptors (Lipinski definition) is 8. The van der Waals surface area contributed by atoms with E-state index in [1.165, 1.54) is 0 Å². The Morgan fingerprint density at radius 2 is 1.76 bits per heavy atom. The van der Waals surface area contributed by atoms with Gasteiger partial charge < -0.3 is 19.2 Å². The first-order chi connectivity index (χ1) is 14.0. The summed E-state index contributed by atoms with van der Waals surface area (Å²) in [5, 5.41) is 4.17. The number of furan rings is 1. The molecule has 3 rings (SSSR count).